The molecule has 108 valence electrons. The zero-order valence-corrected chi connectivity index (χ0v) is 11.5. The van der Waals surface area contributed by atoms with Crippen molar-refractivity contribution in [2.45, 2.75) is 19.9 Å². The number of rotatable bonds is 5. The van der Waals surface area contributed by atoms with Gasteiger partial charge in [0, 0.05) is 26.1 Å². The lowest BCUT2D eigenvalue weighted by Gasteiger charge is -2.05. The van der Waals surface area contributed by atoms with E-state index in [0.29, 0.717) is 18.7 Å². The van der Waals surface area contributed by atoms with Crippen LogP contribution in [0.15, 0.2) is 36.7 Å². The number of nitrogens with zero attached hydrogens (tertiary/aromatic N) is 2. The molecule has 0 unspecified atom stereocenters. The predicted molar refractivity (Wildman–Crippen MR) is 75.8 cm³/mol. The molecule has 0 saturated heterocycles. The molecule has 0 aliphatic rings. The Hall–Kier alpha value is -2.76. The Balaban J connectivity index is 2.04. The number of carbonyl (C=O) groups is 2. The molecule has 1 aromatic carbocycles. The molecule has 6 heteroatoms. The minimum atomic E-state index is -1.09. The summed E-state index contributed by atoms with van der Waals surface area (Å²) in [6.45, 7) is 1.96. The van der Waals surface area contributed by atoms with E-state index in [0.717, 1.165) is 11.1 Å². The van der Waals surface area contributed by atoms with Crippen LogP contribution < -0.4 is 5.32 Å². The highest BCUT2D eigenvalue weighted by atomic mass is 16.4. The molecule has 0 saturated carbocycles. The van der Waals surface area contributed by atoms with Crippen LogP contribution in [-0.2, 0) is 17.8 Å². The third-order valence-corrected chi connectivity index (χ3v) is 2.85. The first-order valence-electron chi connectivity index (χ1n) is 6.41. The molecule has 1 amide bonds. The number of carboxylic acid groups (broad SMARTS) is 1. The van der Waals surface area contributed by atoms with Crippen LogP contribution >= 0.6 is 0 Å². The summed E-state index contributed by atoms with van der Waals surface area (Å²) in [5.74, 6) is -1.16. The van der Waals surface area contributed by atoms with Crippen molar-refractivity contribution in [2.24, 2.45) is 0 Å². The standard InChI is InChI=1S/C15H15N3O3/c1-10(19)17-7-12-4-2-11(3-5-12)6-13-8-16-9-14(18-13)15(20)21/h2-5,8-9H,6-7H2,1H3,(H,17,19)(H,20,21). The molecule has 0 atom stereocenters. The van der Waals surface area contributed by atoms with Crippen molar-refractivity contribution < 1.29 is 14.7 Å². The van der Waals surface area contributed by atoms with E-state index < -0.39 is 5.97 Å². The topological polar surface area (TPSA) is 92.2 Å². The van der Waals surface area contributed by atoms with Crippen LogP contribution in [0.25, 0.3) is 0 Å². The van der Waals surface area contributed by atoms with Gasteiger partial charge in [-0.1, -0.05) is 24.3 Å². The molecule has 2 N–H and O–H groups in total. The SMILES string of the molecule is CC(=O)NCc1ccc(Cc2cncc(C(=O)O)n2)cc1. The van der Waals surface area contributed by atoms with Crippen molar-refractivity contribution in [2.75, 3.05) is 0 Å². The first-order valence-corrected chi connectivity index (χ1v) is 6.41. The lowest BCUT2D eigenvalue weighted by Crippen LogP contribution is -2.18. The lowest BCUT2D eigenvalue weighted by atomic mass is 10.1. The van der Waals surface area contributed by atoms with Crippen molar-refractivity contribution >= 4 is 11.9 Å². The van der Waals surface area contributed by atoms with Gasteiger partial charge in [-0.05, 0) is 11.1 Å². The van der Waals surface area contributed by atoms with Crippen molar-refractivity contribution in [3.05, 3.63) is 59.2 Å². The summed E-state index contributed by atoms with van der Waals surface area (Å²) < 4.78 is 0. The zero-order chi connectivity index (χ0) is 15.2. The van der Waals surface area contributed by atoms with Crippen LogP contribution in [0, 0.1) is 0 Å². The summed E-state index contributed by atoms with van der Waals surface area (Å²) in [6, 6.07) is 7.68. The monoisotopic (exact) mass is 285 g/mol. The van der Waals surface area contributed by atoms with Crippen molar-refractivity contribution in [1.29, 1.82) is 0 Å². The quantitative estimate of drug-likeness (QED) is 0.866. The Morgan fingerprint density at radius 3 is 2.43 bits per heavy atom. The van der Waals surface area contributed by atoms with Gasteiger partial charge in [0.15, 0.2) is 5.69 Å². The van der Waals surface area contributed by atoms with E-state index in [1.807, 2.05) is 24.3 Å². The van der Waals surface area contributed by atoms with Gasteiger partial charge in [-0.3, -0.25) is 9.78 Å². The predicted octanol–water partition coefficient (Wildman–Crippen LogP) is 1.40. The highest BCUT2D eigenvalue weighted by molar-refractivity contribution is 5.84. The van der Waals surface area contributed by atoms with E-state index >= 15 is 0 Å². The number of benzene rings is 1. The van der Waals surface area contributed by atoms with E-state index in [-0.39, 0.29) is 11.6 Å². The molecule has 0 aliphatic carbocycles. The molecular formula is C15H15N3O3. The first kappa shape index (κ1) is 14.6. The third-order valence-electron chi connectivity index (χ3n) is 2.85. The largest absolute Gasteiger partial charge is 0.476 e. The van der Waals surface area contributed by atoms with Crippen LogP contribution in [0.4, 0.5) is 0 Å². The Morgan fingerprint density at radius 2 is 1.81 bits per heavy atom. The first-order chi connectivity index (χ1) is 10.0. The molecule has 0 fully saturated rings. The molecule has 0 radical (unpaired) electrons. The number of amides is 1. The number of aromatic carboxylic acids is 1. The fourth-order valence-electron chi connectivity index (χ4n) is 1.81. The fraction of sp³-hybridized carbons (Fsp3) is 0.200. The number of carboxylic acids is 1. The average molecular weight is 285 g/mol. The number of nitrogens with one attached hydrogen (secondary N) is 1. The van der Waals surface area contributed by atoms with Crippen LogP contribution in [0.5, 0.6) is 0 Å². The number of hydrogen-bond donors (Lipinski definition) is 2. The van der Waals surface area contributed by atoms with Crippen molar-refractivity contribution in [3.63, 3.8) is 0 Å². The van der Waals surface area contributed by atoms with E-state index in [1.54, 1.807) is 6.20 Å². The Bertz CT molecular complexity index is 653. The maximum absolute atomic E-state index is 10.8. The van der Waals surface area contributed by atoms with Crippen molar-refractivity contribution in [1.82, 2.24) is 15.3 Å². The normalized spacial score (nSPS) is 10.1. The second-order valence-corrected chi connectivity index (χ2v) is 4.60. The van der Waals surface area contributed by atoms with Crippen LogP contribution in [0.1, 0.15) is 34.2 Å². The zero-order valence-electron chi connectivity index (χ0n) is 11.5. The number of carbonyl (C=O) groups excluding carboxylic acids is 1. The molecule has 2 rings (SSSR count). The lowest BCUT2D eigenvalue weighted by molar-refractivity contribution is -0.119. The van der Waals surface area contributed by atoms with Crippen LogP contribution in [-0.4, -0.2) is 27.0 Å². The third kappa shape index (κ3) is 4.38. The van der Waals surface area contributed by atoms with E-state index in [9.17, 15) is 9.59 Å². The molecule has 0 bridgehead atoms. The minimum absolute atomic E-state index is 0.0604. The van der Waals surface area contributed by atoms with E-state index in [4.69, 9.17) is 5.11 Å². The molecule has 21 heavy (non-hydrogen) atoms. The van der Waals surface area contributed by atoms with Gasteiger partial charge in [0.05, 0.1) is 11.9 Å². The highest BCUT2D eigenvalue weighted by Gasteiger charge is 2.06. The van der Waals surface area contributed by atoms with Gasteiger partial charge in [-0.25, -0.2) is 9.78 Å². The maximum atomic E-state index is 10.8. The molecule has 6 nitrogen and oxygen atoms in total. The van der Waals surface area contributed by atoms with Gasteiger partial charge in [0.1, 0.15) is 0 Å². The maximum Gasteiger partial charge on any atom is 0.356 e. The summed E-state index contributed by atoms with van der Waals surface area (Å²) >= 11 is 0. The minimum Gasteiger partial charge on any atom is -0.476 e. The van der Waals surface area contributed by atoms with E-state index in [1.165, 1.54) is 13.1 Å². The van der Waals surface area contributed by atoms with Gasteiger partial charge in [-0.15, -0.1) is 0 Å². The second-order valence-electron chi connectivity index (χ2n) is 4.60. The van der Waals surface area contributed by atoms with Crippen molar-refractivity contribution in [3.8, 4) is 0 Å². The van der Waals surface area contributed by atoms with Crippen LogP contribution in [0.3, 0.4) is 0 Å². The summed E-state index contributed by atoms with van der Waals surface area (Å²) in [7, 11) is 0. The van der Waals surface area contributed by atoms with Gasteiger partial charge in [-0.2, -0.15) is 0 Å². The van der Waals surface area contributed by atoms with Gasteiger partial charge >= 0.3 is 5.97 Å². The van der Waals surface area contributed by atoms with Gasteiger partial charge < -0.3 is 10.4 Å². The molecule has 0 spiro atoms. The van der Waals surface area contributed by atoms with Gasteiger partial charge in [0.25, 0.3) is 0 Å². The van der Waals surface area contributed by atoms with Gasteiger partial charge in [0.2, 0.25) is 5.91 Å². The molecule has 0 aliphatic heterocycles. The summed E-state index contributed by atoms with van der Waals surface area (Å²) in [5, 5.41) is 11.6. The second kappa shape index (κ2) is 6.60. The molecule has 1 aromatic heterocycles. The average Bonchev–Trinajstić information content (AvgIpc) is 2.47. The summed E-state index contributed by atoms with van der Waals surface area (Å²) in [6.07, 6.45) is 3.29. The summed E-state index contributed by atoms with van der Waals surface area (Å²) in [5.41, 5.74) is 2.54. The number of aromatic nitrogens is 2. The molecular weight excluding hydrogens is 270 g/mol. The Kier molecular flexibility index (Phi) is 4.61. The number of hydrogen-bond acceptors (Lipinski definition) is 4. The highest BCUT2D eigenvalue weighted by Crippen LogP contribution is 2.09. The fourth-order valence-corrected chi connectivity index (χ4v) is 1.81. The van der Waals surface area contributed by atoms with Crippen LogP contribution in [0.2, 0.25) is 0 Å². The molecule has 1 heterocycles. The van der Waals surface area contributed by atoms with E-state index in [2.05, 4.69) is 15.3 Å². The molecule has 2 aromatic rings. The smallest absolute Gasteiger partial charge is 0.356 e. The summed E-state index contributed by atoms with van der Waals surface area (Å²) in [4.78, 5) is 29.6. The Labute approximate surface area is 121 Å². The Morgan fingerprint density at radius 1 is 1.14 bits per heavy atom.